The summed E-state index contributed by atoms with van der Waals surface area (Å²) >= 11 is 1.48. The van der Waals surface area contributed by atoms with Crippen molar-refractivity contribution in [2.24, 2.45) is 0 Å². The fraction of sp³-hybridized carbons (Fsp3) is 0.111. The van der Waals surface area contributed by atoms with Crippen molar-refractivity contribution in [3.8, 4) is 5.75 Å². The Bertz CT molecular complexity index is 1140. The Morgan fingerprint density at radius 3 is 2.73 bits per heavy atom. The normalized spacial score (nSPS) is 11.0. The average Bonchev–Trinajstić information content (AvgIpc) is 3.19. The first kappa shape index (κ1) is 16.2. The minimum atomic E-state index is -0.333. The molecule has 1 aromatic carbocycles. The maximum absolute atomic E-state index is 12.4. The summed E-state index contributed by atoms with van der Waals surface area (Å²) in [6, 6.07) is 8.96. The van der Waals surface area contributed by atoms with Gasteiger partial charge in [0.1, 0.15) is 17.1 Å². The molecule has 0 spiro atoms. The lowest BCUT2D eigenvalue weighted by molar-refractivity contribution is 0.101. The number of hydrogen-bond acceptors (Lipinski definition) is 6. The molecule has 0 fully saturated rings. The molecule has 8 heteroatoms. The van der Waals surface area contributed by atoms with Crippen LogP contribution in [-0.2, 0) is 0 Å². The SMILES string of the molecule is COc1ccc2c(c1)sc1nc(C(=O)Nc3ccc(C(C)=O)nc3)cn12. The first-order valence-corrected chi connectivity index (χ1v) is 8.61. The number of carbonyl (C=O) groups excluding carboxylic acids is 2. The van der Waals surface area contributed by atoms with Gasteiger partial charge in [-0.3, -0.25) is 19.0 Å². The summed E-state index contributed by atoms with van der Waals surface area (Å²) in [6.07, 6.45) is 3.15. The maximum Gasteiger partial charge on any atom is 0.275 e. The zero-order valence-corrected chi connectivity index (χ0v) is 14.8. The van der Waals surface area contributed by atoms with Crippen molar-refractivity contribution in [3.63, 3.8) is 0 Å². The number of rotatable bonds is 4. The van der Waals surface area contributed by atoms with Gasteiger partial charge in [-0.25, -0.2) is 4.98 Å². The van der Waals surface area contributed by atoms with Gasteiger partial charge in [0.05, 0.1) is 29.2 Å². The zero-order valence-electron chi connectivity index (χ0n) is 14.0. The fourth-order valence-electron chi connectivity index (χ4n) is 2.59. The van der Waals surface area contributed by atoms with Gasteiger partial charge in [0.25, 0.3) is 5.91 Å². The molecule has 0 bridgehead atoms. The summed E-state index contributed by atoms with van der Waals surface area (Å²) in [5, 5.41) is 2.74. The lowest BCUT2D eigenvalue weighted by Gasteiger charge is -2.03. The number of anilines is 1. The third-order valence-corrected chi connectivity index (χ3v) is 4.93. The molecular weight excluding hydrogens is 352 g/mol. The smallest absolute Gasteiger partial charge is 0.275 e. The van der Waals surface area contributed by atoms with Gasteiger partial charge in [-0.05, 0) is 30.3 Å². The molecule has 4 rings (SSSR count). The van der Waals surface area contributed by atoms with E-state index >= 15 is 0 Å². The minimum Gasteiger partial charge on any atom is -0.497 e. The van der Waals surface area contributed by atoms with Crippen molar-refractivity contribution >= 4 is 43.9 Å². The number of carbonyl (C=O) groups is 2. The molecule has 3 aromatic heterocycles. The van der Waals surface area contributed by atoms with Crippen LogP contribution in [0.1, 0.15) is 27.9 Å². The van der Waals surface area contributed by atoms with Crippen molar-refractivity contribution in [2.75, 3.05) is 12.4 Å². The van der Waals surface area contributed by atoms with E-state index in [1.165, 1.54) is 24.5 Å². The van der Waals surface area contributed by atoms with Crippen molar-refractivity contribution in [2.45, 2.75) is 6.92 Å². The van der Waals surface area contributed by atoms with Gasteiger partial charge in [-0.15, -0.1) is 0 Å². The molecule has 0 saturated carbocycles. The van der Waals surface area contributed by atoms with Crippen LogP contribution < -0.4 is 10.1 Å². The number of nitrogens with one attached hydrogen (secondary N) is 1. The Labute approximate surface area is 152 Å². The van der Waals surface area contributed by atoms with E-state index in [2.05, 4.69) is 15.3 Å². The standard InChI is InChI=1S/C18H14N4O3S/c1-10(23)13-5-3-11(8-19-13)20-17(24)14-9-22-15-6-4-12(25-2)7-16(15)26-18(22)21-14/h3-9H,1-2H3,(H,20,24). The predicted molar refractivity (Wildman–Crippen MR) is 99.3 cm³/mol. The van der Waals surface area contributed by atoms with Crippen LogP contribution in [0, 0.1) is 0 Å². The van der Waals surface area contributed by atoms with Crippen molar-refractivity contribution in [1.29, 1.82) is 0 Å². The second kappa shape index (κ2) is 6.23. The number of amides is 1. The van der Waals surface area contributed by atoms with Crippen molar-refractivity contribution < 1.29 is 14.3 Å². The highest BCUT2D eigenvalue weighted by molar-refractivity contribution is 7.23. The number of hydrogen-bond donors (Lipinski definition) is 1. The van der Waals surface area contributed by atoms with Crippen LogP contribution in [0.25, 0.3) is 15.2 Å². The Morgan fingerprint density at radius 1 is 1.19 bits per heavy atom. The molecular formula is C18H14N4O3S. The van der Waals surface area contributed by atoms with Crippen LogP contribution in [0.5, 0.6) is 5.75 Å². The van der Waals surface area contributed by atoms with Gasteiger partial charge in [0, 0.05) is 13.1 Å². The highest BCUT2D eigenvalue weighted by Crippen LogP contribution is 2.29. The number of aromatic nitrogens is 3. The average molecular weight is 366 g/mol. The molecule has 130 valence electrons. The predicted octanol–water partition coefficient (Wildman–Crippen LogP) is 3.41. The molecule has 0 aliphatic rings. The number of ketones is 1. The zero-order chi connectivity index (χ0) is 18.3. The van der Waals surface area contributed by atoms with E-state index in [4.69, 9.17) is 4.74 Å². The first-order chi connectivity index (χ1) is 12.5. The van der Waals surface area contributed by atoms with Gasteiger partial charge in [0.2, 0.25) is 0 Å². The van der Waals surface area contributed by atoms with Crippen LogP contribution in [-0.4, -0.2) is 33.2 Å². The number of imidazole rings is 1. The van der Waals surface area contributed by atoms with E-state index in [9.17, 15) is 9.59 Å². The first-order valence-electron chi connectivity index (χ1n) is 7.79. The summed E-state index contributed by atoms with van der Waals surface area (Å²) in [7, 11) is 1.63. The second-order valence-corrected chi connectivity index (χ2v) is 6.67. The maximum atomic E-state index is 12.4. The molecule has 7 nitrogen and oxygen atoms in total. The third-order valence-electron chi connectivity index (χ3n) is 3.92. The number of Topliss-reactive ketones (excluding diaryl/α,β-unsaturated/α-hetero) is 1. The van der Waals surface area contributed by atoms with Crippen LogP contribution in [0.15, 0.2) is 42.7 Å². The van der Waals surface area contributed by atoms with Gasteiger partial charge in [-0.2, -0.15) is 0 Å². The van der Waals surface area contributed by atoms with Gasteiger partial charge < -0.3 is 10.1 Å². The third kappa shape index (κ3) is 2.80. The number of thiazole rings is 1. The van der Waals surface area contributed by atoms with Crippen LogP contribution in [0.2, 0.25) is 0 Å². The Morgan fingerprint density at radius 2 is 2.04 bits per heavy atom. The molecule has 4 aromatic rings. The topological polar surface area (TPSA) is 85.6 Å². The molecule has 0 radical (unpaired) electrons. The fourth-order valence-corrected chi connectivity index (χ4v) is 3.63. The molecule has 1 N–H and O–H groups in total. The van der Waals surface area contributed by atoms with Gasteiger partial charge >= 0.3 is 0 Å². The highest BCUT2D eigenvalue weighted by atomic mass is 32.1. The Kier molecular flexibility index (Phi) is 3.89. The summed E-state index contributed by atoms with van der Waals surface area (Å²) in [4.78, 5) is 32.8. The molecule has 26 heavy (non-hydrogen) atoms. The number of fused-ring (bicyclic) bond motifs is 3. The molecule has 0 aliphatic carbocycles. The monoisotopic (exact) mass is 366 g/mol. The summed E-state index contributed by atoms with van der Waals surface area (Å²) in [5.41, 5.74) is 2.13. The second-order valence-electron chi connectivity index (χ2n) is 5.66. The van der Waals surface area contributed by atoms with Crippen molar-refractivity contribution in [3.05, 3.63) is 54.1 Å². The van der Waals surface area contributed by atoms with E-state index in [-0.39, 0.29) is 11.7 Å². The van der Waals surface area contributed by atoms with E-state index in [1.807, 2.05) is 22.6 Å². The number of ether oxygens (including phenoxy) is 1. The van der Waals surface area contributed by atoms with Crippen LogP contribution >= 0.6 is 11.3 Å². The largest absolute Gasteiger partial charge is 0.497 e. The number of nitrogens with zero attached hydrogens (tertiary/aromatic N) is 3. The molecule has 3 heterocycles. The summed E-state index contributed by atoms with van der Waals surface area (Å²) < 4.78 is 8.14. The van der Waals surface area contributed by atoms with Crippen molar-refractivity contribution in [1.82, 2.24) is 14.4 Å². The quantitative estimate of drug-likeness (QED) is 0.560. The van der Waals surface area contributed by atoms with Crippen LogP contribution in [0.3, 0.4) is 0 Å². The summed E-state index contributed by atoms with van der Waals surface area (Å²) in [6.45, 7) is 1.44. The molecule has 0 saturated heterocycles. The Balaban J connectivity index is 1.61. The minimum absolute atomic E-state index is 0.124. The molecule has 0 atom stereocenters. The summed E-state index contributed by atoms with van der Waals surface area (Å²) in [5.74, 6) is 0.321. The number of benzene rings is 1. The van der Waals surface area contributed by atoms with Gasteiger partial charge in [-0.1, -0.05) is 11.3 Å². The lowest BCUT2D eigenvalue weighted by atomic mass is 10.2. The molecule has 0 unspecified atom stereocenters. The molecule has 0 aliphatic heterocycles. The Hall–Kier alpha value is -3.26. The highest BCUT2D eigenvalue weighted by Gasteiger charge is 2.15. The van der Waals surface area contributed by atoms with E-state index in [0.717, 1.165) is 20.9 Å². The number of pyridine rings is 1. The number of methoxy groups -OCH3 is 1. The lowest BCUT2D eigenvalue weighted by Crippen LogP contribution is -2.12. The van der Waals surface area contributed by atoms with E-state index in [1.54, 1.807) is 25.4 Å². The van der Waals surface area contributed by atoms with E-state index in [0.29, 0.717) is 17.1 Å². The van der Waals surface area contributed by atoms with Gasteiger partial charge in [0.15, 0.2) is 10.7 Å². The van der Waals surface area contributed by atoms with E-state index < -0.39 is 0 Å². The van der Waals surface area contributed by atoms with Crippen LogP contribution in [0.4, 0.5) is 5.69 Å². The molecule has 1 amide bonds.